The van der Waals surface area contributed by atoms with Gasteiger partial charge in [-0.2, -0.15) is 0 Å². The molecule has 0 radical (unpaired) electrons. The molecule has 0 aliphatic carbocycles. The number of nitrogens with zero attached hydrogens (tertiary/aromatic N) is 2. The Balaban J connectivity index is 1.35. The smallest absolute Gasteiger partial charge is 0.409 e. The van der Waals surface area contributed by atoms with Gasteiger partial charge in [-0.1, -0.05) is 0 Å². The van der Waals surface area contributed by atoms with Gasteiger partial charge in [-0.05, 0) is 31.9 Å². The molecular formula is C18H26N4O5. The number of ether oxygens (including phenoxy) is 4. The number of fused-ring (bicyclic) bond motifs is 1. The second-order valence-electron chi connectivity index (χ2n) is 6.24. The molecule has 2 aliphatic rings. The van der Waals surface area contributed by atoms with E-state index in [-0.39, 0.29) is 18.9 Å². The monoisotopic (exact) mass is 378 g/mol. The van der Waals surface area contributed by atoms with Gasteiger partial charge in [0.15, 0.2) is 17.5 Å². The molecular weight excluding hydrogens is 352 g/mol. The summed E-state index contributed by atoms with van der Waals surface area (Å²) in [4.78, 5) is 17.7. The molecule has 0 spiro atoms. The molecule has 1 saturated heterocycles. The molecule has 1 amide bonds. The van der Waals surface area contributed by atoms with Crippen LogP contribution in [0.15, 0.2) is 23.2 Å². The van der Waals surface area contributed by atoms with Crippen molar-refractivity contribution >= 4 is 12.1 Å². The van der Waals surface area contributed by atoms with Crippen molar-refractivity contribution in [2.45, 2.75) is 25.8 Å². The minimum atomic E-state index is -0.252. The minimum Gasteiger partial charge on any atom is -0.492 e. The largest absolute Gasteiger partial charge is 0.492 e. The quantitative estimate of drug-likeness (QED) is 0.437. The number of aliphatic imine (C=N–C) groups is 1. The van der Waals surface area contributed by atoms with Gasteiger partial charge in [-0.25, -0.2) is 9.79 Å². The highest BCUT2D eigenvalue weighted by atomic mass is 16.7. The Bertz CT molecular complexity index is 674. The SMILES string of the molecule is CCOC(=O)N1CCC(NC(N)=NCCOc2ccc3c(c2)OCO3)CC1. The summed E-state index contributed by atoms with van der Waals surface area (Å²) in [5, 5.41) is 3.20. The lowest BCUT2D eigenvalue weighted by Crippen LogP contribution is -2.48. The molecule has 0 unspecified atom stereocenters. The predicted molar refractivity (Wildman–Crippen MR) is 99.3 cm³/mol. The Labute approximate surface area is 158 Å². The van der Waals surface area contributed by atoms with Crippen LogP contribution in [0.2, 0.25) is 0 Å². The van der Waals surface area contributed by atoms with Crippen LogP contribution in [0.4, 0.5) is 4.79 Å². The predicted octanol–water partition coefficient (Wildman–Crippen LogP) is 1.32. The van der Waals surface area contributed by atoms with Crippen LogP contribution in [-0.2, 0) is 4.74 Å². The summed E-state index contributed by atoms with van der Waals surface area (Å²) in [7, 11) is 0. The van der Waals surface area contributed by atoms with E-state index >= 15 is 0 Å². The van der Waals surface area contributed by atoms with Crippen LogP contribution in [0.5, 0.6) is 17.2 Å². The highest BCUT2D eigenvalue weighted by molar-refractivity contribution is 5.78. The molecule has 3 N–H and O–H groups in total. The van der Waals surface area contributed by atoms with E-state index in [4.69, 9.17) is 24.7 Å². The number of nitrogens with two attached hydrogens (primary N) is 1. The second kappa shape index (κ2) is 9.20. The summed E-state index contributed by atoms with van der Waals surface area (Å²) in [6.45, 7) is 4.58. The number of piperidine rings is 1. The van der Waals surface area contributed by atoms with Crippen LogP contribution in [0.1, 0.15) is 19.8 Å². The lowest BCUT2D eigenvalue weighted by molar-refractivity contribution is 0.0963. The van der Waals surface area contributed by atoms with Crippen molar-refractivity contribution in [3.8, 4) is 17.2 Å². The number of hydrogen-bond donors (Lipinski definition) is 2. The molecule has 1 fully saturated rings. The normalized spacial score (nSPS) is 16.9. The topological polar surface area (TPSA) is 108 Å². The zero-order valence-corrected chi connectivity index (χ0v) is 15.5. The molecule has 9 heteroatoms. The summed E-state index contributed by atoms with van der Waals surface area (Å²) in [5.41, 5.74) is 5.94. The first-order valence-corrected chi connectivity index (χ1v) is 9.16. The molecule has 1 aromatic carbocycles. The van der Waals surface area contributed by atoms with E-state index in [0.717, 1.165) is 18.6 Å². The van der Waals surface area contributed by atoms with Crippen LogP contribution in [0.25, 0.3) is 0 Å². The molecule has 0 aromatic heterocycles. The van der Waals surface area contributed by atoms with E-state index in [9.17, 15) is 4.79 Å². The Morgan fingerprint density at radius 3 is 2.89 bits per heavy atom. The van der Waals surface area contributed by atoms with Gasteiger partial charge in [-0.15, -0.1) is 0 Å². The standard InChI is InChI=1S/C18H26N4O5/c1-2-24-18(23)22-8-5-13(6-9-22)21-17(19)20-7-10-25-14-3-4-15-16(11-14)27-12-26-15/h3-4,11,13H,2,5-10,12H2,1H3,(H3,19,20,21). The van der Waals surface area contributed by atoms with Gasteiger partial charge in [0.05, 0.1) is 13.2 Å². The lowest BCUT2D eigenvalue weighted by Gasteiger charge is -2.31. The summed E-state index contributed by atoms with van der Waals surface area (Å²) in [6, 6.07) is 5.65. The van der Waals surface area contributed by atoms with Crippen molar-refractivity contribution in [2.75, 3.05) is 39.6 Å². The first-order chi connectivity index (χ1) is 13.2. The Morgan fingerprint density at radius 2 is 2.11 bits per heavy atom. The fraction of sp³-hybridized carbons (Fsp3) is 0.556. The first-order valence-electron chi connectivity index (χ1n) is 9.16. The molecule has 27 heavy (non-hydrogen) atoms. The molecule has 148 valence electrons. The molecule has 2 heterocycles. The highest BCUT2D eigenvalue weighted by Crippen LogP contribution is 2.34. The Morgan fingerprint density at radius 1 is 1.33 bits per heavy atom. The minimum absolute atomic E-state index is 0.203. The van der Waals surface area contributed by atoms with E-state index < -0.39 is 0 Å². The molecule has 9 nitrogen and oxygen atoms in total. The number of hydrogen-bond acceptors (Lipinski definition) is 6. The first kappa shape index (κ1) is 18.9. The van der Waals surface area contributed by atoms with Gasteiger partial charge in [0, 0.05) is 25.2 Å². The molecule has 0 atom stereocenters. The van der Waals surface area contributed by atoms with E-state index in [1.807, 2.05) is 12.1 Å². The number of nitrogens with one attached hydrogen (secondary N) is 1. The molecule has 0 saturated carbocycles. The summed E-state index contributed by atoms with van der Waals surface area (Å²) >= 11 is 0. The number of carbonyl (C=O) groups is 1. The van der Waals surface area contributed by atoms with Crippen LogP contribution in [-0.4, -0.2) is 62.6 Å². The Hall–Kier alpha value is -2.84. The van der Waals surface area contributed by atoms with Gasteiger partial charge in [-0.3, -0.25) is 0 Å². The number of carbonyl (C=O) groups excluding carboxylic acids is 1. The number of benzene rings is 1. The third-order valence-electron chi connectivity index (χ3n) is 4.36. The summed E-state index contributed by atoms with van der Waals surface area (Å²) < 4.78 is 21.2. The highest BCUT2D eigenvalue weighted by Gasteiger charge is 2.23. The van der Waals surface area contributed by atoms with Crippen LogP contribution < -0.4 is 25.3 Å². The van der Waals surface area contributed by atoms with Crippen molar-refractivity contribution < 1.29 is 23.7 Å². The Kier molecular flexibility index (Phi) is 6.45. The average molecular weight is 378 g/mol. The van der Waals surface area contributed by atoms with Crippen LogP contribution in [0, 0.1) is 0 Å². The molecule has 3 rings (SSSR count). The van der Waals surface area contributed by atoms with Crippen molar-refractivity contribution in [2.24, 2.45) is 10.7 Å². The fourth-order valence-corrected chi connectivity index (χ4v) is 2.97. The van der Waals surface area contributed by atoms with Crippen LogP contribution in [0.3, 0.4) is 0 Å². The third-order valence-corrected chi connectivity index (χ3v) is 4.36. The number of rotatable bonds is 6. The maximum atomic E-state index is 11.7. The van der Waals surface area contributed by atoms with Crippen molar-refractivity contribution in [1.29, 1.82) is 0 Å². The summed E-state index contributed by atoms with van der Waals surface area (Å²) in [6.07, 6.45) is 1.36. The van der Waals surface area contributed by atoms with Gasteiger partial charge < -0.3 is 34.9 Å². The van der Waals surface area contributed by atoms with Crippen molar-refractivity contribution in [3.63, 3.8) is 0 Å². The van der Waals surface area contributed by atoms with E-state index in [1.54, 1.807) is 17.9 Å². The van der Waals surface area contributed by atoms with Gasteiger partial charge in [0.2, 0.25) is 6.79 Å². The van der Waals surface area contributed by atoms with Crippen LogP contribution >= 0.6 is 0 Å². The molecule has 0 bridgehead atoms. The van der Waals surface area contributed by atoms with E-state index in [0.29, 0.717) is 50.3 Å². The van der Waals surface area contributed by atoms with Crippen molar-refractivity contribution in [1.82, 2.24) is 10.2 Å². The van der Waals surface area contributed by atoms with E-state index in [1.165, 1.54) is 0 Å². The summed E-state index contributed by atoms with van der Waals surface area (Å²) in [5.74, 6) is 2.50. The second-order valence-corrected chi connectivity index (χ2v) is 6.24. The average Bonchev–Trinajstić information content (AvgIpc) is 3.14. The molecule has 1 aromatic rings. The third kappa shape index (κ3) is 5.32. The molecule has 2 aliphatic heterocycles. The zero-order chi connectivity index (χ0) is 19.1. The van der Waals surface area contributed by atoms with Crippen molar-refractivity contribution in [3.05, 3.63) is 18.2 Å². The van der Waals surface area contributed by atoms with Gasteiger partial charge >= 0.3 is 6.09 Å². The number of amides is 1. The fourth-order valence-electron chi connectivity index (χ4n) is 2.97. The van der Waals surface area contributed by atoms with Gasteiger partial charge in [0.25, 0.3) is 0 Å². The maximum Gasteiger partial charge on any atom is 0.409 e. The number of likely N-dealkylation sites (tertiary alicyclic amines) is 1. The maximum absolute atomic E-state index is 11.7. The van der Waals surface area contributed by atoms with Gasteiger partial charge in [0.1, 0.15) is 12.4 Å². The lowest BCUT2D eigenvalue weighted by atomic mass is 10.1. The zero-order valence-electron chi connectivity index (χ0n) is 15.5. The number of guanidine groups is 1. The van der Waals surface area contributed by atoms with E-state index in [2.05, 4.69) is 10.3 Å².